The molecule has 7 heteroatoms. The second-order valence-corrected chi connectivity index (χ2v) is 7.52. The molecule has 0 aliphatic heterocycles. The van der Waals surface area contributed by atoms with Crippen LogP contribution in [-0.2, 0) is 11.3 Å². The van der Waals surface area contributed by atoms with Crippen LogP contribution < -0.4 is 4.90 Å². The Bertz CT molecular complexity index is 969. The highest BCUT2D eigenvalue weighted by Gasteiger charge is 2.25. The number of rotatable bonds is 10. The van der Waals surface area contributed by atoms with E-state index in [0.29, 0.717) is 36.2 Å². The summed E-state index contributed by atoms with van der Waals surface area (Å²) in [6.07, 6.45) is 0. The van der Waals surface area contributed by atoms with Crippen molar-refractivity contribution >= 4 is 23.4 Å². The number of ether oxygens (including phenoxy) is 1. The fraction of sp³-hybridized carbons (Fsp3) is 0.333. The number of methoxy groups -OCH3 is 1. The first kappa shape index (κ1) is 22.8. The number of amides is 1. The number of nitrogens with zero attached hydrogens (tertiary/aromatic N) is 3. The third-order valence-electron chi connectivity index (χ3n) is 5.16. The lowest BCUT2D eigenvalue weighted by Crippen LogP contribution is -2.34. The Morgan fingerprint density at radius 3 is 2.35 bits per heavy atom. The molecule has 0 atom stereocenters. The fourth-order valence-corrected chi connectivity index (χ4v) is 3.57. The van der Waals surface area contributed by atoms with Crippen LogP contribution in [-0.4, -0.2) is 49.3 Å². The average molecular weight is 442 g/mol. The highest BCUT2D eigenvalue weighted by molar-refractivity contribution is 6.30. The molecule has 0 N–H and O–H groups in total. The first-order valence-corrected chi connectivity index (χ1v) is 10.8. The van der Waals surface area contributed by atoms with E-state index in [9.17, 15) is 4.79 Å². The Morgan fingerprint density at radius 1 is 1.06 bits per heavy atom. The summed E-state index contributed by atoms with van der Waals surface area (Å²) in [7, 11) is 1.63. The molecule has 31 heavy (non-hydrogen) atoms. The summed E-state index contributed by atoms with van der Waals surface area (Å²) in [5.74, 6) is 0.592. The highest BCUT2D eigenvalue weighted by Crippen LogP contribution is 2.32. The predicted molar refractivity (Wildman–Crippen MR) is 124 cm³/mol. The van der Waals surface area contributed by atoms with Gasteiger partial charge in [0.2, 0.25) is 5.88 Å². The van der Waals surface area contributed by atoms with Gasteiger partial charge in [0.25, 0.3) is 5.91 Å². The molecular weight excluding hydrogens is 414 g/mol. The Balaban J connectivity index is 2.01. The number of carbonyl (C=O) groups is 1. The molecule has 0 radical (unpaired) electrons. The topological polar surface area (TPSA) is 58.8 Å². The van der Waals surface area contributed by atoms with E-state index < -0.39 is 0 Å². The van der Waals surface area contributed by atoms with E-state index in [1.165, 1.54) is 0 Å². The molecular formula is C24H28ClN3O3. The van der Waals surface area contributed by atoms with Crippen molar-refractivity contribution in [2.24, 2.45) is 0 Å². The van der Waals surface area contributed by atoms with Crippen molar-refractivity contribution in [1.29, 1.82) is 0 Å². The number of hydrogen-bond donors (Lipinski definition) is 0. The molecule has 0 aliphatic rings. The molecule has 1 aromatic heterocycles. The van der Waals surface area contributed by atoms with Crippen molar-refractivity contribution in [3.05, 3.63) is 70.7 Å². The summed E-state index contributed by atoms with van der Waals surface area (Å²) in [5.41, 5.74) is 3.15. The van der Waals surface area contributed by atoms with Crippen LogP contribution in [0.2, 0.25) is 5.02 Å². The minimum absolute atomic E-state index is 0.0978. The zero-order valence-electron chi connectivity index (χ0n) is 18.2. The summed E-state index contributed by atoms with van der Waals surface area (Å²) in [6, 6.07) is 16.8. The van der Waals surface area contributed by atoms with E-state index in [1.54, 1.807) is 36.3 Å². The number of carbonyl (C=O) groups excluding carboxylic acids is 1. The Hall–Kier alpha value is -2.83. The van der Waals surface area contributed by atoms with Crippen molar-refractivity contribution in [3.63, 3.8) is 0 Å². The molecule has 0 unspecified atom stereocenters. The molecule has 1 heterocycles. The molecule has 0 aliphatic carbocycles. The molecule has 0 saturated heterocycles. The molecule has 0 bridgehead atoms. The molecule has 0 fully saturated rings. The lowest BCUT2D eigenvalue weighted by molar-refractivity contribution is 0.0681. The van der Waals surface area contributed by atoms with Crippen molar-refractivity contribution in [1.82, 2.24) is 10.1 Å². The molecule has 0 saturated carbocycles. The first-order valence-electron chi connectivity index (χ1n) is 10.4. The van der Waals surface area contributed by atoms with Gasteiger partial charge in [-0.25, -0.2) is 0 Å². The van der Waals surface area contributed by atoms with Crippen LogP contribution >= 0.6 is 11.6 Å². The predicted octanol–water partition coefficient (Wildman–Crippen LogP) is 5.13. The van der Waals surface area contributed by atoms with E-state index in [4.69, 9.17) is 20.9 Å². The largest absolute Gasteiger partial charge is 0.383 e. The molecule has 0 spiro atoms. The van der Waals surface area contributed by atoms with E-state index in [-0.39, 0.29) is 5.91 Å². The average Bonchev–Trinajstić information content (AvgIpc) is 3.21. The van der Waals surface area contributed by atoms with Crippen LogP contribution in [0.3, 0.4) is 0 Å². The van der Waals surface area contributed by atoms with E-state index >= 15 is 0 Å². The lowest BCUT2D eigenvalue weighted by atomic mass is 10.1. The van der Waals surface area contributed by atoms with Gasteiger partial charge < -0.3 is 19.1 Å². The zero-order valence-corrected chi connectivity index (χ0v) is 18.9. The maximum atomic E-state index is 13.3. The molecule has 2 aromatic carbocycles. The van der Waals surface area contributed by atoms with Gasteiger partial charge in [0.15, 0.2) is 0 Å². The summed E-state index contributed by atoms with van der Waals surface area (Å²) >= 11 is 6.00. The molecule has 164 valence electrons. The van der Waals surface area contributed by atoms with Gasteiger partial charge in [0, 0.05) is 42.9 Å². The number of hydrogen-bond acceptors (Lipinski definition) is 5. The summed E-state index contributed by atoms with van der Waals surface area (Å²) in [6.45, 7) is 6.90. The van der Waals surface area contributed by atoms with Crippen LogP contribution in [0.15, 0.2) is 59.1 Å². The van der Waals surface area contributed by atoms with Gasteiger partial charge in [-0.05, 0) is 38.1 Å². The number of anilines is 1. The van der Waals surface area contributed by atoms with Gasteiger partial charge in [-0.3, -0.25) is 4.79 Å². The van der Waals surface area contributed by atoms with Crippen LogP contribution in [0.5, 0.6) is 0 Å². The van der Waals surface area contributed by atoms with Crippen molar-refractivity contribution in [2.45, 2.75) is 20.4 Å². The van der Waals surface area contributed by atoms with Crippen LogP contribution in [0.25, 0.3) is 11.3 Å². The zero-order chi connectivity index (χ0) is 22.2. The van der Waals surface area contributed by atoms with Crippen molar-refractivity contribution in [3.8, 4) is 11.3 Å². The SMILES string of the molecule is CCN(CC)c1onc(-c2ccccc2)c1CN(CCOC)C(=O)c1ccc(Cl)cc1. The highest BCUT2D eigenvalue weighted by atomic mass is 35.5. The van der Waals surface area contributed by atoms with Gasteiger partial charge in [-0.2, -0.15) is 0 Å². The van der Waals surface area contributed by atoms with Crippen molar-refractivity contribution < 1.29 is 14.1 Å². The maximum absolute atomic E-state index is 13.3. The van der Waals surface area contributed by atoms with E-state index in [1.807, 2.05) is 30.3 Å². The third kappa shape index (κ3) is 5.46. The molecule has 6 nitrogen and oxygen atoms in total. The molecule has 3 rings (SSSR count). The number of benzene rings is 2. The summed E-state index contributed by atoms with van der Waals surface area (Å²) in [4.78, 5) is 17.2. The second kappa shape index (κ2) is 11.0. The minimum Gasteiger partial charge on any atom is -0.383 e. The van der Waals surface area contributed by atoms with E-state index in [2.05, 4.69) is 23.9 Å². The monoisotopic (exact) mass is 441 g/mol. The summed E-state index contributed by atoms with van der Waals surface area (Å²) < 4.78 is 11.1. The van der Waals surface area contributed by atoms with Crippen LogP contribution in [0.1, 0.15) is 29.8 Å². The van der Waals surface area contributed by atoms with Gasteiger partial charge in [-0.15, -0.1) is 0 Å². The Labute approximate surface area is 188 Å². The number of halogens is 1. The Kier molecular flexibility index (Phi) is 8.09. The Morgan fingerprint density at radius 2 is 1.74 bits per heavy atom. The lowest BCUT2D eigenvalue weighted by Gasteiger charge is -2.25. The first-order chi connectivity index (χ1) is 15.1. The number of aromatic nitrogens is 1. The molecule has 1 amide bonds. The van der Waals surface area contributed by atoms with Crippen molar-refractivity contribution in [2.75, 3.05) is 38.3 Å². The smallest absolute Gasteiger partial charge is 0.254 e. The normalized spacial score (nSPS) is 10.8. The van der Waals surface area contributed by atoms with Gasteiger partial charge >= 0.3 is 0 Å². The second-order valence-electron chi connectivity index (χ2n) is 7.08. The standard InChI is InChI=1S/C24H28ClN3O3/c1-4-27(5-2)24-21(22(26-31-24)18-9-7-6-8-10-18)17-28(15-16-30-3)23(29)19-11-13-20(25)14-12-19/h6-14H,4-5,15-17H2,1-3H3. The fourth-order valence-electron chi connectivity index (χ4n) is 3.45. The summed E-state index contributed by atoms with van der Waals surface area (Å²) in [5, 5.41) is 4.97. The minimum atomic E-state index is -0.0978. The quantitative estimate of drug-likeness (QED) is 0.436. The molecule has 3 aromatic rings. The van der Waals surface area contributed by atoms with E-state index in [0.717, 1.165) is 29.9 Å². The third-order valence-corrected chi connectivity index (χ3v) is 5.41. The van der Waals surface area contributed by atoms with Gasteiger partial charge in [0.05, 0.1) is 18.7 Å². The van der Waals surface area contributed by atoms with Gasteiger partial charge in [0.1, 0.15) is 5.69 Å². The van der Waals surface area contributed by atoms with Crippen LogP contribution in [0, 0.1) is 0 Å². The maximum Gasteiger partial charge on any atom is 0.254 e. The van der Waals surface area contributed by atoms with Gasteiger partial charge in [-0.1, -0.05) is 47.1 Å². The van der Waals surface area contributed by atoms with Crippen LogP contribution in [0.4, 0.5) is 5.88 Å².